The molecule has 1 heterocycles. The molecule has 21 heavy (non-hydrogen) atoms. The van der Waals surface area contributed by atoms with E-state index in [2.05, 4.69) is 17.2 Å². The van der Waals surface area contributed by atoms with Crippen molar-refractivity contribution in [3.8, 4) is 0 Å². The molecule has 0 aliphatic rings. The second-order valence-corrected chi connectivity index (χ2v) is 6.36. The third-order valence-electron chi connectivity index (χ3n) is 3.41. The summed E-state index contributed by atoms with van der Waals surface area (Å²) < 4.78 is 1.90. The van der Waals surface area contributed by atoms with Gasteiger partial charge in [-0.25, -0.2) is 9.78 Å². The lowest BCUT2D eigenvalue weighted by Gasteiger charge is -2.28. The average Bonchev–Trinajstić information content (AvgIpc) is 2.87. The zero-order valence-corrected chi connectivity index (χ0v) is 13.2. The number of carbonyl (C=O) groups excluding carboxylic acids is 1. The van der Waals surface area contributed by atoms with E-state index in [1.165, 1.54) is 0 Å². The first-order chi connectivity index (χ1) is 9.75. The van der Waals surface area contributed by atoms with Crippen LogP contribution in [0.1, 0.15) is 53.0 Å². The Hall–Kier alpha value is -1.85. The Morgan fingerprint density at radius 2 is 2.05 bits per heavy atom. The van der Waals surface area contributed by atoms with Gasteiger partial charge in [-0.15, -0.1) is 0 Å². The SMILES string of the molecule is CCCC(CC(=O)N[C@@H](C(=O)O)C(C)(C)C)n1ccnc1. The number of rotatable bonds is 7. The molecule has 0 radical (unpaired) electrons. The topological polar surface area (TPSA) is 84.2 Å². The van der Waals surface area contributed by atoms with E-state index >= 15 is 0 Å². The number of carbonyl (C=O) groups is 2. The molecule has 6 heteroatoms. The highest BCUT2D eigenvalue weighted by Crippen LogP contribution is 2.21. The number of hydrogen-bond donors (Lipinski definition) is 2. The summed E-state index contributed by atoms with van der Waals surface area (Å²) in [5.41, 5.74) is -0.531. The van der Waals surface area contributed by atoms with E-state index in [0.717, 1.165) is 12.8 Å². The molecule has 0 saturated carbocycles. The van der Waals surface area contributed by atoms with E-state index in [-0.39, 0.29) is 18.4 Å². The summed E-state index contributed by atoms with van der Waals surface area (Å²) in [5.74, 6) is -1.25. The summed E-state index contributed by atoms with van der Waals surface area (Å²) in [5, 5.41) is 11.9. The van der Waals surface area contributed by atoms with E-state index < -0.39 is 17.4 Å². The minimum absolute atomic E-state index is 0.00640. The van der Waals surface area contributed by atoms with Crippen LogP contribution in [0.2, 0.25) is 0 Å². The molecule has 6 nitrogen and oxygen atoms in total. The fraction of sp³-hybridized carbons (Fsp3) is 0.667. The number of nitrogens with one attached hydrogen (secondary N) is 1. The number of amides is 1. The van der Waals surface area contributed by atoms with Crippen molar-refractivity contribution in [1.29, 1.82) is 0 Å². The minimum Gasteiger partial charge on any atom is -0.480 e. The highest BCUT2D eigenvalue weighted by Gasteiger charge is 2.33. The number of aliphatic carboxylic acids is 1. The van der Waals surface area contributed by atoms with Crippen molar-refractivity contribution in [3.63, 3.8) is 0 Å². The quantitative estimate of drug-likeness (QED) is 0.808. The Bertz CT molecular complexity index is 463. The monoisotopic (exact) mass is 295 g/mol. The van der Waals surface area contributed by atoms with Gasteiger partial charge in [0.2, 0.25) is 5.91 Å². The van der Waals surface area contributed by atoms with Gasteiger partial charge in [0.25, 0.3) is 0 Å². The lowest BCUT2D eigenvalue weighted by Crippen LogP contribution is -2.49. The second kappa shape index (κ2) is 7.24. The van der Waals surface area contributed by atoms with E-state index in [9.17, 15) is 14.7 Å². The maximum absolute atomic E-state index is 12.2. The summed E-state index contributed by atoms with van der Waals surface area (Å²) in [6, 6.07) is -0.887. The van der Waals surface area contributed by atoms with Crippen LogP contribution in [0.5, 0.6) is 0 Å². The first-order valence-corrected chi connectivity index (χ1v) is 7.25. The van der Waals surface area contributed by atoms with E-state index in [4.69, 9.17) is 0 Å². The van der Waals surface area contributed by atoms with Crippen molar-refractivity contribution < 1.29 is 14.7 Å². The lowest BCUT2D eigenvalue weighted by atomic mass is 9.86. The van der Waals surface area contributed by atoms with E-state index in [0.29, 0.717) is 0 Å². The summed E-state index contributed by atoms with van der Waals surface area (Å²) in [4.78, 5) is 27.5. The Morgan fingerprint density at radius 1 is 1.38 bits per heavy atom. The molecule has 0 bridgehead atoms. The van der Waals surface area contributed by atoms with Crippen molar-refractivity contribution in [2.45, 2.75) is 59.0 Å². The molecule has 0 saturated heterocycles. The molecule has 1 aromatic rings. The number of imidazole rings is 1. The average molecular weight is 295 g/mol. The van der Waals surface area contributed by atoms with Crippen LogP contribution in [0, 0.1) is 5.41 Å². The Morgan fingerprint density at radius 3 is 2.48 bits per heavy atom. The molecule has 0 aliphatic heterocycles. The molecule has 118 valence electrons. The van der Waals surface area contributed by atoms with Crippen LogP contribution in [0.4, 0.5) is 0 Å². The van der Waals surface area contributed by atoms with Crippen LogP contribution in [0.15, 0.2) is 18.7 Å². The molecule has 1 aromatic heterocycles. The van der Waals surface area contributed by atoms with Gasteiger partial charge < -0.3 is 15.0 Å². The molecule has 1 rings (SSSR count). The highest BCUT2D eigenvalue weighted by atomic mass is 16.4. The van der Waals surface area contributed by atoms with Crippen molar-refractivity contribution in [2.24, 2.45) is 5.41 Å². The van der Waals surface area contributed by atoms with Gasteiger partial charge in [0.05, 0.1) is 6.33 Å². The fourth-order valence-corrected chi connectivity index (χ4v) is 2.26. The van der Waals surface area contributed by atoms with Crippen LogP contribution in [0.25, 0.3) is 0 Å². The predicted molar refractivity (Wildman–Crippen MR) is 79.8 cm³/mol. The molecule has 1 amide bonds. The van der Waals surface area contributed by atoms with Crippen LogP contribution >= 0.6 is 0 Å². The van der Waals surface area contributed by atoms with Crippen molar-refractivity contribution in [1.82, 2.24) is 14.9 Å². The molecule has 0 aromatic carbocycles. The van der Waals surface area contributed by atoms with Gasteiger partial charge in [0, 0.05) is 24.9 Å². The van der Waals surface area contributed by atoms with Crippen LogP contribution in [-0.4, -0.2) is 32.6 Å². The van der Waals surface area contributed by atoms with Crippen molar-refractivity contribution in [3.05, 3.63) is 18.7 Å². The molecule has 0 fully saturated rings. The summed E-state index contributed by atoms with van der Waals surface area (Å²) >= 11 is 0. The van der Waals surface area contributed by atoms with Gasteiger partial charge in [-0.05, 0) is 11.8 Å². The lowest BCUT2D eigenvalue weighted by molar-refractivity contribution is -0.145. The number of nitrogens with zero attached hydrogens (tertiary/aromatic N) is 2. The fourth-order valence-electron chi connectivity index (χ4n) is 2.26. The largest absolute Gasteiger partial charge is 0.480 e. The van der Waals surface area contributed by atoms with Gasteiger partial charge in [-0.2, -0.15) is 0 Å². The molecular formula is C15H25N3O3. The van der Waals surface area contributed by atoms with Crippen LogP contribution in [-0.2, 0) is 9.59 Å². The predicted octanol–water partition coefficient (Wildman–Crippen LogP) is 2.23. The second-order valence-electron chi connectivity index (χ2n) is 6.36. The number of carboxylic acids is 1. The molecule has 2 N–H and O–H groups in total. The van der Waals surface area contributed by atoms with Crippen molar-refractivity contribution in [2.75, 3.05) is 0 Å². The first kappa shape index (κ1) is 17.2. The van der Waals surface area contributed by atoms with Gasteiger partial charge in [-0.1, -0.05) is 34.1 Å². The summed E-state index contributed by atoms with van der Waals surface area (Å²) in [6.45, 7) is 7.44. The molecule has 0 aliphatic carbocycles. The molecular weight excluding hydrogens is 270 g/mol. The highest BCUT2D eigenvalue weighted by molar-refractivity contribution is 5.84. The van der Waals surface area contributed by atoms with Crippen LogP contribution < -0.4 is 5.32 Å². The van der Waals surface area contributed by atoms with Crippen molar-refractivity contribution >= 4 is 11.9 Å². The zero-order chi connectivity index (χ0) is 16.0. The maximum Gasteiger partial charge on any atom is 0.326 e. The third-order valence-corrected chi connectivity index (χ3v) is 3.41. The number of aromatic nitrogens is 2. The smallest absolute Gasteiger partial charge is 0.326 e. The molecule has 0 spiro atoms. The van der Waals surface area contributed by atoms with Crippen LogP contribution in [0.3, 0.4) is 0 Å². The summed E-state index contributed by atoms with van der Waals surface area (Å²) in [6.07, 6.45) is 7.23. The summed E-state index contributed by atoms with van der Waals surface area (Å²) in [7, 11) is 0. The third kappa shape index (κ3) is 5.21. The minimum atomic E-state index is -1.01. The Balaban J connectivity index is 2.72. The molecule has 2 atom stereocenters. The normalized spacial score (nSPS) is 14.5. The van der Waals surface area contributed by atoms with Gasteiger partial charge >= 0.3 is 5.97 Å². The van der Waals surface area contributed by atoms with Gasteiger partial charge in [0.15, 0.2) is 0 Å². The molecule has 1 unspecified atom stereocenters. The Kier molecular flexibility index (Phi) is 5.93. The van der Waals surface area contributed by atoms with Gasteiger partial charge in [0.1, 0.15) is 6.04 Å². The Labute approximate surface area is 125 Å². The standard InChI is InChI=1S/C15H25N3O3/c1-5-6-11(18-8-7-16-10-18)9-12(19)17-13(14(20)21)15(2,3)4/h7-8,10-11,13H,5-6,9H2,1-4H3,(H,17,19)(H,20,21)/t11?,13-/m0/s1. The number of carboxylic acid groups (broad SMARTS) is 1. The van der Waals surface area contributed by atoms with Gasteiger partial charge in [-0.3, -0.25) is 4.79 Å². The maximum atomic E-state index is 12.2. The zero-order valence-electron chi connectivity index (χ0n) is 13.2. The van der Waals surface area contributed by atoms with E-state index in [1.54, 1.807) is 33.3 Å². The number of hydrogen-bond acceptors (Lipinski definition) is 3. The first-order valence-electron chi connectivity index (χ1n) is 7.25. The van der Waals surface area contributed by atoms with E-state index in [1.807, 2.05) is 10.8 Å².